The first kappa shape index (κ1) is 13.7. The average Bonchev–Trinajstić information content (AvgIpc) is 2.90. The molecule has 1 amide bonds. The summed E-state index contributed by atoms with van der Waals surface area (Å²) >= 11 is 0. The molecule has 2 rings (SSSR count). The average molecular weight is 278 g/mol. The minimum Gasteiger partial charge on any atom is -0.480 e. The van der Waals surface area contributed by atoms with Crippen LogP contribution in [0.5, 0.6) is 0 Å². The van der Waals surface area contributed by atoms with Crippen molar-refractivity contribution in [3.63, 3.8) is 0 Å². The summed E-state index contributed by atoms with van der Waals surface area (Å²) in [6, 6.07) is 2.55. The summed E-state index contributed by atoms with van der Waals surface area (Å²) in [5.41, 5.74) is 0.380. The molecule has 1 atom stereocenters. The van der Waals surface area contributed by atoms with Gasteiger partial charge in [0.1, 0.15) is 11.7 Å². The maximum absolute atomic E-state index is 12.9. The molecule has 0 unspecified atom stereocenters. The Bertz CT molecular complexity index is 615. The van der Waals surface area contributed by atoms with E-state index < -0.39 is 23.9 Å². The molecule has 3 N–H and O–H groups in total. The number of aliphatic carboxylic acids is 1. The van der Waals surface area contributed by atoms with E-state index in [0.29, 0.717) is 5.69 Å². The maximum atomic E-state index is 12.9. The number of carbonyl (C=O) groups is 2. The number of nitrogens with one attached hydrogen (secondary N) is 2. The van der Waals surface area contributed by atoms with E-state index in [1.54, 1.807) is 0 Å². The quantitative estimate of drug-likeness (QED) is 0.685. The van der Waals surface area contributed by atoms with Crippen LogP contribution in [-0.2, 0) is 11.2 Å². The van der Waals surface area contributed by atoms with Gasteiger partial charge in [-0.2, -0.15) is 4.39 Å². The van der Waals surface area contributed by atoms with Crippen molar-refractivity contribution in [2.24, 2.45) is 0 Å². The van der Waals surface area contributed by atoms with Crippen LogP contribution in [0, 0.1) is 5.95 Å². The van der Waals surface area contributed by atoms with Crippen molar-refractivity contribution in [2.75, 3.05) is 0 Å². The van der Waals surface area contributed by atoms with E-state index in [1.165, 1.54) is 24.7 Å². The van der Waals surface area contributed by atoms with Crippen molar-refractivity contribution >= 4 is 11.9 Å². The molecule has 0 aromatic carbocycles. The van der Waals surface area contributed by atoms with E-state index in [-0.39, 0.29) is 12.1 Å². The Morgan fingerprint density at radius 3 is 2.85 bits per heavy atom. The number of halogens is 1. The first-order valence-electron chi connectivity index (χ1n) is 5.69. The number of hydrogen-bond donors (Lipinski definition) is 3. The van der Waals surface area contributed by atoms with Crippen molar-refractivity contribution in [1.29, 1.82) is 0 Å². The molecule has 0 saturated carbocycles. The van der Waals surface area contributed by atoms with Crippen LogP contribution in [0.1, 0.15) is 16.2 Å². The molecular formula is C12H11FN4O3. The second-order valence-corrected chi connectivity index (χ2v) is 3.99. The van der Waals surface area contributed by atoms with Crippen molar-refractivity contribution < 1.29 is 19.1 Å². The molecule has 0 bridgehead atoms. The molecule has 0 aliphatic heterocycles. The molecular weight excluding hydrogens is 267 g/mol. The summed E-state index contributed by atoms with van der Waals surface area (Å²) in [7, 11) is 0. The zero-order chi connectivity index (χ0) is 14.5. The van der Waals surface area contributed by atoms with Gasteiger partial charge in [-0.05, 0) is 12.1 Å². The standard InChI is InChI=1S/C12H11FN4O3/c13-10-3-1-2-8(16-10)11(18)17-9(12(19)20)4-7-5-14-6-15-7/h1-3,5-6,9H,4H2,(H,14,15)(H,17,18)(H,19,20)/t9-/m0/s1. The number of carboxylic acids is 1. The Morgan fingerprint density at radius 1 is 1.45 bits per heavy atom. The van der Waals surface area contributed by atoms with E-state index in [9.17, 15) is 14.0 Å². The number of carbonyl (C=O) groups excluding carboxylic acids is 1. The summed E-state index contributed by atoms with van der Waals surface area (Å²) < 4.78 is 12.9. The van der Waals surface area contributed by atoms with Gasteiger partial charge in [-0.1, -0.05) is 6.07 Å². The van der Waals surface area contributed by atoms with Gasteiger partial charge in [-0.25, -0.2) is 14.8 Å². The Hall–Kier alpha value is -2.77. The normalized spacial score (nSPS) is 11.8. The van der Waals surface area contributed by atoms with Crippen molar-refractivity contribution in [2.45, 2.75) is 12.5 Å². The fourth-order valence-corrected chi connectivity index (χ4v) is 1.58. The Balaban J connectivity index is 2.08. The number of imidazole rings is 1. The highest BCUT2D eigenvalue weighted by molar-refractivity contribution is 5.94. The predicted octanol–water partition coefficient (Wildman–Crippen LogP) is 0.369. The van der Waals surface area contributed by atoms with Crippen LogP contribution < -0.4 is 5.32 Å². The van der Waals surface area contributed by atoms with E-state index >= 15 is 0 Å². The van der Waals surface area contributed by atoms with Crippen LogP contribution >= 0.6 is 0 Å². The van der Waals surface area contributed by atoms with Gasteiger partial charge in [0.05, 0.1) is 6.33 Å². The van der Waals surface area contributed by atoms with E-state index in [1.807, 2.05) is 0 Å². The molecule has 0 saturated heterocycles. The lowest BCUT2D eigenvalue weighted by atomic mass is 10.1. The molecule has 0 fully saturated rings. The lowest BCUT2D eigenvalue weighted by Gasteiger charge is -2.13. The molecule has 0 aliphatic rings. The molecule has 104 valence electrons. The lowest BCUT2D eigenvalue weighted by molar-refractivity contribution is -0.139. The number of nitrogens with zero attached hydrogens (tertiary/aromatic N) is 2. The van der Waals surface area contributed by atoms with Crippen LogP contribution in [0.25, 0.3) is 0 Å². The predicted molar refractivity (Wildman–Crippen MR) is 65.4 cm³/mol. The minimum atomic E-state index is -1.20. The van der Waals surface area contributed by atoms with Gasteiger partial charge in [0.25, 0.3) is 5.91 Å². The number of rotatable bonds is 5. The minimum absolute atomic E-state index is 0.0381. The van der Waals surface area contributed by atoms with Crippen molar-refractivity contribution in [3.8, 4) is 0 Å². The van der Waals surface area contributed by atoms with Gasteiger partial charge in [0.15, 0.2) is 0 Å². The summed E-state index contributed by atoms with van der Waals surface area (Å²) in [5, 5.41) is 11.4. The van der Waals surface area contributed by atoms with E-state index in [4.69, 9.17) is 5.11 Å². The number of carboxylic acid groups (broad SMARTS) is 1. The number of aromatic nitrogens is 3. The van der Waals surface area contributed by atoms with Crippen molar-refractivity contribution in [3.05, 3.63) is 48.1 Å². The number of H-pyrrole nitrogens is 1. The molecule has 2 heterocycles. The number of pyridine rings is 1. The van der Waals surface area contributed by atoms with Crippen LogP contribution in [0.4, 0.5) is 4.39 Å². The third-order valence-electron chi connectivity index (χ3n) is 2.53. The highest BCUT2D eigenvalue weighted by atomic mass is 19.1. The molecule has 8 heteroatoms. The van der Waals surface area contributed by atoms with Gasteiger partial charge in [0.2, 0.25) is 5.95 Å². The highest BCUT2D eigenvalue weighted by Gasteiger charge is 2.22. The molecule has 7 nitrogen and oxygen atoms in total. The van der Waals surface area contributed by atoms with Crippen LogP contribution in [0.3, 0.4) is 0 Å². The largest absolute Gasteiger partial charge is 0.480 e. The SMILES string of the molecule is O=C(N[C@@H](Cc1cnc[nH]1)C(=O)O)c1cccc(F)n1. The van der Waals surface area contributed by atoms with Crippen molar-refractivity contribution in [1.82, 2.24) is 20.3 Å². The molecule has 0 radical (unpaired) electrons. The summed E-state index contributed by atoms with van der Waals surface area (Å²) in [6.45, 7) is 0. The molecule has 20 heavy (non-hydrogen) atoms. The smallest absolute Gasteiger partial charge is 0.326 e. The third kappa shape index (κ3) is 3.37. The first-order chi connectivity index (χ1) is 9.56. The molecule has 2 aromatic heterocycles. The Labute approximate surface area is 112 Å². The van der Waals surface area contributed by atoms with Crippen LogP contribution in [0.2, 0.25) is 0 Å². The van der Waals surface area contributed by atoms with Crippen LogP contribution in [-0.4, -0.2) is 38.0 Å². The fraction of sp³-hybridized carbons (Fsp3) is 0.167. The zero-order valence-electron chi connectivity index (χ0n) is 10.2. The topological polar surface area (TPSA) is 108 Å². The molecule has 0 aliphatic carbocycles. The molecule has 2 aromatic rings. The number of aromatic amines is 1. The van der Waals surface area contributed by atoms with Gasteiger partial charge >= 0.3 is 5.97 Å². The van der Waals surface area contributed by atoms with E-state index in [0.717, 1.165) is 6.07 Å². The highest BCUT2D eigenvalue weighted by Crippen LogP contribution is 2.02. The summed E-state index contributed by atoms with van der Waals surface area (Å²) in [5.74, 6) is -2.76. The number of hydrogen-bond acceptors (Lipinski definition) is 4. The van der Waals surface area contributed by atoms with Gasteiger partial charge in [0, 0.05) is 18.3 Å². The first-order valence-corrected chi connectivity index (χ1v) is 5.69. The third-order valence-corrected chi connectivity index (χ3v) is 2.53. The Morgan fingerprint density at radius 2 is 2.25 bits per heavy atom. The second-order valence-electron chi connectivity index (χ2n) is 3.99. The van der Waals surface area contributed by atoms with Gasteiger partial charge < -0.3 is 15.4 Å². The van der Waals surface area contributed by atoms with Gasteiger partial charge in [-0.15, -0.1) is 0 Å². The second kappa shape index (κ2) is 5.91. The van der Waals surface area contributed by atoms with Gasteiger partial charge in [-0.3, -0.25) is 4.79 Å². The maximum Gasteiger partial charge on any atom is 0.326 e. The number of amides is 1. The van der Waals surface area contributed by atoms with E-state index in [2.05, 4.69) is 20.3 Å². The zero-order valence-corrected chi connectivity index (χ0v) is 10.2. The monoisotopic (exact) mass is 278 g/mol. The molecule has 0 spiro atoms. The summed E-state index contributed by atoms with van der Waals surface area (Å²) in [4.78, 5) is 32.8. The summed E-state index contributed by atoms with van der Waals surface area (Å²) in [6.07, 6.45) is 2.91. The Kier molecular flexibility index (Phi) is 4.04. The fourth-order valence-electron chi connectivity index (χ4n) is 1.58. The van der Waals surface area contributed by atoms with Crippen LogP contribution in [0.15, 0.2) is 30.7 Å². The lowest BCUT2D eigenvalue weighted by Crippen LogP contribution is -2.42.